The molecule has 28 heavy (non-hydrogen) atoms. The van der Waals surface area contributed by atoms with Crippen molar-refractivity contribution in [3.05, 3.63) is 64.7 Å². The number of sulfonamides is 1. The number of anilines is 1. The van der Waals surface area contributed by atoms with Crippen molar-refractivity contribution in [1.82, 2.24) is 5.32 Å². The van der Waals surface area contributed by atoms with Crippen molar-refractivity contribution in [3.8, 4) is 0 Å². The summed E-state index contributed by atoms with van der Waals surface area (Å²) in [6.07, 6.45) is 1.11. The Balaban J connectivity index is 1.89. The Hall–Kier alpha value is -1.70. The first-order chi connectivity index (χ1) is 13.2. The van der Waals surface area contributed by atoms with Gasteiger partial charge in [-0.15, -0.1) is 0 Å². The first kappa shape index (κ1) is 22.6. The molecule has 0 aliphatic rings. The normalized spacial score (nSPS) is 12.4. The molecule has 0 spiro atoms. The van der Waals surface area contributed by atoms with Gasteiger partial charge in [-0.3, -0.25) is 9.10 Å². The predicted molar refractivity (Wildman–Crippen MR) is 119 cm³/mol. The minimum Gasteiger partial charge on any atom is -0.353 e. The highest BCUT2D eigenvalue weighted by Gasteiger charge is 2.28. The van der Waals surface area contributed by atoms with E-state index in [4.69, 9.17) is 11.6 Å². The number of nitrogens with zero attached hydrogens (tertiary/aromatic N) is 1. The molecular formula is C20H25ClN2O3S2. The maximum atomic E-state index is 12.5. The van der Waals surface area contributed by atoms with Gasteiger partial charge in [-0.1, -0.05) is 35.9 Å². The summed E-state index contributed by atoms with van der Waals surface area (Å²) in [7, 11) is -3.60. The molecule has 0 radical (unpaired) electrons. The zero-order chi connectivity index (χ0) is 20.7. The fourth-order valence-corrected chi connectivity index (χ4v) is 4.85. The van der Waals surface area contributed by atoms with E-state index < -0.39 is 16.1 Å². The number of halogens is 1. The Morgan fingerprint density at radius 1 is 1.21 bits per heavy atom. The highest BCUT2D eigenvalue weighted by Crippen LogP contribution is 2.22. The monoisotopic (exact) mass is 440 g/mol. The van der Waals surface area contributed by atoms with E-state index >= 15 is 0 Å². The summed E-state index contributed by atoms with van der Waals surface area (Å²) in [6, 6.07) is 13.9. The molecule has 2 aromatic rings. The van der Waals surface area contributed by atoms with Crippen molar-refractivity contribution >= 4 is 45.0 Å². The summed E-state index contributed by atoms with van der Waals surface area (Å²) in [5, 5.41) is 3.54. The number of thioether (sulfide) groups is 1. The average molecular weight is 441 g/mol. The third kappa shape index (κ3) is 6.72. The zero-order valence-electron chi connectivity index (χ0n) is 16.2. The maximum Gasteiger partial charge on any atom is 0.243 e. The number of amides is 1. The van der Waals surface area contributed by atoms with Crippen molar-refractivity contribution in [2.75, 3.05) is 22.9 Å². The highest BCUT2D eigenvalue weighted by atomic mass is 35.5. The van der Waals surface area contributed by atoms with Crippen molar-refractivity contribution < 1.29 is 13.2 Å². The number of aryl methyl sites for hydroxylation is 1. The summed E-state index contributed by atoms with van der Waals surface area (Å²) < 4.78 is 25.7. The van der Waals surface area contributed by atoms with Crippen LogP contribution >= 0.6 is 23.4 Å². The van der Waals surface area contributed by atoms with Gasteiger partial charge in [0.05, 0.1) is 11.9 Å². The summed E-state index contributed by atoms with van der Waals surface area (Å²) >= 11 is 7.56. The lowest BCUT2D eigenvalue weighted by Crippen LogP contribution is -2.48. The van der Waals surface area contributed by atoms with Gasteiger partial charge in [0, 0.05) is 23.1 Å². The fraction of sp³-hybridized carbons (Fsp3) is 0.350. The second kappa shape index (κ2) is 10.2. The SMILES string of the molecule is Cc1cccc(N(C(C)C(=O)NCCSCc2ccc(Cl)cc2)S(C)(=O)=O)c1. The Bertz CT molecular complexity index is 902. The standard InChI is InChI=1S/C20H25ClN2O3S2/c1-15-5-4-6-19(13-15)23(28(3,25)26)16(2)20(24)22-11-12-27-14-17-7-9-18(21)10-8-17/h4-10,13,16H,11-12,14H2,1-3H3,(H,22,24). The van der Waals surface area contributed by atoms with Gasteiger partial charge in [0.2, 0.25) is 15.9 Å². The molecule has 0 saturated heterocycles. The predicted octanol–water partition coefficient (Wildman–Crippen LogP) is 3.85. The summed E-state index contributed by atoms with van der Waals surface area (Å²) in [5.41, 5.74) is 2.58. The van der Waals surface area contributed by atoms with Gasteiger partial charge in [0.15, 0.2) is 0 Å². The van der Waals surface area contributed by atoms with Crippen LogP contribution in [0.5, 0.6) is 0 Å². The first-order valence-corrected chi connectivity index (χ1v) is 12.2. The molecule has 152 valence electrons. The molecule has 0 aliphatic carbocycles. The molecule has 0 bridgehead atoms. The molecule has 0 heterocycles. The fourth-order valence-electron chi connectivity index (χ4n) is 2.74. The highest BCUT2D eigenvalue weighted by molar-refractivity contribution is 7.98. The van der Waals surface area contributed by atoms with Crippen LogP contribution < -0.4 is 9.62 Å². The van der Waals surface area contributed by atoms with Gasteiger partial charge in [-0.25, -0.2) is 8.42 Å². The van der Waals surface area contributed by atoms with Gasteiger partial charge in [-0.2, -0.15) is 11.8 Å². The van der Waals surface area contributed by atoms with E-state index in [2.05, 4.69) is 5.32 Å². The van der Waals surface area contributed by atoms with Crippen LogP contribution in [0, 0.1) is 6.92 Å². The van der Waals surface area contributed by atoms with E-state index in [0.29, 0.717) is 17.3 Å². The Kier molecular flexibility index (Phi) is 8.22. The van der Waals surface area contributed by atoms with E-state index in [1.165, 1.54) is 0 Å². The lowest BCUT2D eigenvalue weighted by Gasteiger charge is -2.28. The van der Waals surface area contributed by atoms with Gasteiger partial charge in [0.25, 0.3) is 0 Å². The van der Waals surface area contributed by atoms with Crippen molar-refractivity contribution in [1.29, 1.82) is 0 Å². The summed E-state index contributed by atoms with van der Waals surface area (Å²) in [6.45, 7) is 3.94. The molecule has 0 fully saturated rings. The lowest BCUT2D eigenvalue weighted by molar-refractivity contribution is -0.121. The quantitative estimate of drug-likeness (QED) is 0.601. The molecule has 0 aromatic heterocycles. The van der Waals surface area contributed by atoms with Gasteiger partial charge in [-0.05, 0) is 49.2 Å². The smallest absolute Gasteiger partial charge is 0.243 e. The Morgan fingerprint density at radius 3 is 2.50 bits per heavy atom. The topological polar surface area (TPSA) is 66.5 Å². The minimum absolute atomic E-state index is 0.320. The molecule has 2 aromatic carbocycles. The minimum atomic E-state index is -3.60. The van der Waals surface area contributed by atoms with Crippen molar-refractivity contribution in [2.45, 2.75) is 25.6 Å². The van der Waals surface area contributed by atoms with Crippen LogP contribution in [0.3, 0.4) is 0 Å². The number of hydrogen-bond acceptors (Lipinski definition) is 4. The molecule has 1 atom stereocenters. The van der Waals surface area contributed by atoms with E-state index in [-0.39, 0.29) is 5.91 Å². The summed E-state index contributed by atoms with van der Waals surface area (Å²) in [4.78, 5) is 12.5. The van der Waals surface area contributed by atoms with Gasteiger partial charge < -0.3 is 5.32 Å². The molecule has 5 nitrogen and oxygen atoms in total. The van der Waals surface area contributed by atoms with Crippen LogP contribution in [-0.2, 0) is 20.6 Å². The zero-order valence-corrected chi connectivity index (χ0v) is 18.6. The van der Waals surface area contributed by atoms with Crippen LogP contribution in [0.15, 0.2) is 48.5 Å². The van der Waals surface area contributed by atoms with E-state index in [1.807, 2.05) is 37.3 Å². The molecule has 1 amide bonds. The number of benzene rings is 2. The van der Waals surface area contributed by atoms with Crippen molar-refractivity contribution in [3.63, 3.8) is 0 Å². The van der Waals surface area contributed by atoms with E-state index in [1.54, 1.807) is 36.9 Å². The number of carbonyl (C=O) groups excluding carboxylic acids is 1. The van der Waals surface area contributed by atoms with Gasteiger partial charge >= 0.3 is 0 Å². The Morgan fingerprint density at radius 2 is 1.89 bits per heavy atom. The second-order valence-corrected chi connectivity index (χ2v) is 9.94. The number of nitrogens with one attached hydrogen (secondary N) is 1. The summed E-state index contributed by atoms with van der Waals surface area (Å²) in [5.74, 6) is 1.23. The maximum absolute atomic E-state index is 12.5. The van der Waals surface area contributed by atoms with Crippen LogP contribution in [0.4, 0.5) is 5.69 Å². The number of hydrogen-bond donors (Lipinski definition) is 1. The second-order valence-electron chi connectivity index (χ2n) is 6.54. The first-order valence-electron chi connectivity index (χ1n) is 8.84. The molecular weight excluding hydrogens is 416 g/mol. The molecule has 0 saturated carbocycles. The van der Waals surface area contributed by atoms with E-state index in [9.17, 15) is 13.2 Å². The number of carbonyl (C=O) groups is 1. The average Bonchev–Trinajstić information content (AvgIpc) is 2.61. The van der Waals surface area contributed by atoms with Crippen LogP contribution in [0.2, 0.25) is 5.02 Å². The van der Waals surface area contributed by atoms with Crippen LogP contribution in [-0.4, -0.2) is 38.9 Å². The Labute approximate surface area is 176 Å². The van der Waals surface area contributed by atoms with Gasteiger partial charge in [0.1, 0.15) is 6.04 Å². The molecule has 2 rings (SSSR count). The number of rotatable bonds is 9. The molecule has 0 aliphatic heterocycles. The van der Waals surface area contributed by atoms with Crippen LogP contribution in [0.25, 0.3) is 0 Å². The lowest BCUT2D eigenvalue weighted by atomic mass is 10.2. The molecule has 1 N–H and O–H groups in total. The van der Waals surface area contributed by atoms with E-state index in [0.717, 1.165) is 33.2 Å². The molecule has 8 heteroatoms. The largest absolute Gasteiger partial charge is 0.353 e. The van der Waals surface area contributed by atoms with Crippen molar-refractivity contribution in [2.24, 2.45) is 0 Å². The molecule has 1 unspecified atom stereocenters. The third-order valence-corrected chi connectivity index (χ3v) is 6.60. The third-order valence-electron chi connectivity index (χ3n) is 4.07. The van der Waals surface area contributed by atoms with Crippen LogP contribution in [0.1, 0.15) is 18.1 Å².